The normalized spacial score (nSPS) is 17.7. The zero-order chi connectivity index (χ0) is 11.4. The number of thiophene rings is 3. The van der Waals surface area contributed by atoms with Crippen LogP contribution in [0.1, 0.15) is 41.4 Å². The topological polar surface area (TPSA) is 0 Å². The molecule has 1 saturated carbocycles. The second-order valence-corrected chi connectivity index (χ2v) is 8.40. The minimum absolute atomic E-state index is 0.871. The number of hydrogen-bond donors (Lipinski definition) is 0. The van der Waals surface area contributed by atoms with E-state index in [2.05, 4.69) is 30.4 Å². The maximum Gasteiger partial charge on any atom is 0.0632 e. The van der Waals surface area contributed by atoms with E-state index in [1.165, 1.54) is 44.7 Å². The molecule has 4 rings (SSSR count). The first-order valence-corrected chi connectivity index (χ1v) is 8.68. The van der Waals surface area contributed by atoms with Crippen molar-refractivity contribution in [1.82, 2.24) is 0 Å². The summed E-state index contributed by atoms with van der Waals surface area (Å²) in [6.45, 7) is 2.22. The Labute approximate surface area is 113 Å². The highest BCUT2D eigenvalue weighted by Crippen LogP contribution is 2.47. The summed E-state index contributed by atoms with van der Waals surface area (Å²) < 4.78 is 6.12. The molecule has 0 aliphatic heterocycles. The summed E-state index contributed by atoms with van der Waals surface area (Å²) >= 11 is 6.01. The molecular weight excluding hydrogens is 264 g/mol. The molecule has 0 spiro atoms. The van der Waals surface area contributed by atoms with Crippen molar-refractivity contribution in [3.8, 4) is 0 Å². The van der Waals surface area contributed by atoms with E-state index < -0.39 is 0 Å². The summed E-state index contributed by atoms with van der Waals surface area (Å²) in [5.41, 5.74) is 0. The largest absolute Gasteiger partial charge is 0.138 e. The first-order valence-electron chi connectivity index (χ1n) is 6.23. The summed E-state index contributed by atoms with van der Waals surface area (Å²) in [7, 11) is 0. The summed E-state index contributed by atoms with van der Waals surface area (Å²) in [6, 6.07) is 4.81. The molecule has 0 unspecified atom stereocenters. The minimum atomic E-state index is 0.871. The molecule has 3 heterocycles. The van der Waals surface area contributed by atoms with Crippen LogP contribution in [0.25, 0.3) is 18.8 Å². The Hall–Kier alpha value is -0.380. The van der Waals surface area contributed by atoms with E-state index in [9.17, 15) is 0 Å². The Kier molecular flexibility index (Phi) is 2.36. The molecule has 17 heavy (non-hydrogen) atoms. The van der Waals surface area contributed by atoms with Crippen molar-refractivity contribution in [2.45, 2.75) is 38.5 Å². The Morgan fingerprint density at radius 1 is 0.941 bits per heavy atom. The average molecular weight is 278 g/mol. The van der Waals surface area contributed by atoms with Gasteiger partial charge >= 0.3 is 0 Å². The Morgan fingerprint density at radius 3 is 2.47 bits per heavy atom. The molecule has 3 heteroatoms. The molecule has 0 bridgehead atoms. The first kappa shape index (κ1) is 10.5. The molecule has 0 amide bonds. The Balaban J connectivity index is 1.90. The highest BCUT2D eigenvalue weighted by atomic mass is 32.1. The molecule has 3 aromatic rings. The van der Waals surface area contributed by atoms with E-state index >= 15 is 0 Å². The van der Waals surface area contributed by atoms with Crippen LogP contribution in [0, 0.1) is 6.92 Å². The van der Waals surface area contributed by atoms with Gasteiger partial charge in [0.05, 0.1) is 9.40 Å². The maximum absolute atomic E-state index is 2.47. The fraction of sp³-hybridized carbons (Fsp3) is 0.429. The van der Waals surface area contributed by atoms with Crippen molar-refractivity contribution in [1.29, 1.82) is 0 Å². The highest BCUT2D eigenvalue weighted by molar-refractivity contribution is 7.38. The second-order valence-electron chi connectivity index (χ2n) is 4.98. The van der Waals surface area contributed by atoms with Crippen LogP contribution in [0.2, 0.25) is 0 Å². The lowest BCUT2D eigenvalue weighted by Gasteiger charge is -2.03. The fourth-order valence-electron chi connectivity index (χ4n) is 2.88. The van der Waals surface area contributed by atoms with Crippen LogP contribution in [-0.4, -0.2) is 0 Å². The smallest absolute Gasteiger partial charge is 0.0632 e. The third-order valence-corrected chi connectivity index (χ3v) is 7.58. The third kappa shape index (κ3) is 1.60. The van der Waals surface area contributed by atoms with Crippen LogP contribution in [0.5, 0.6) is 0 Å². The molecule has 0 saturated heterocycles. The van der Waals surface area contributed by atoms with Gasteiger partial charge in [-0.1, -0.05) is 12.8 Å². The van der Waals surface area contributed by atoms with Crippen molar-refractivity contribution in [3.05, 3.63) is 21.9 Å². The van der Waals surface area contributed by atoms with Crippen LogP contribution < -0.4 is 0 Å². The van der Waals surface area contributed by atoms with E-state index in [0.717, 1.165) is 5.92 Å². The van der Waals surface area contributed by atoms with Gasteiger partial charge in [-0.2, -0.15) is 0 Å². The summed E-state index contributed by atoms with van der Waals surface area (Å²) in [4.78, 5) is 3.10. The van der Waals surface area contributed by atoms with Crippen molar-refractivity contribution < 1.29 is 0 Å². The Morgan fingerprint density at radius 2 is 1.65 bits per heavy atom. The van der Waals surface area contributed by atoms with Crippen LogP contribution >= 0.6 is 34.0 Å². The quantitative estimate of drug-likeness (QED) is 0.501. The van der Waals surface area contributed by atoms with Gasteiger partial charge in [0.1, 0.15) is 0 Å². The lowest BCUT2D eigenvalue weighted by molar-refractivity contribution is 0.739. The molecule has 1 fully saturated rings. The maximum atomic E-state index is 2.47. The molecule has 1 aliphatic rings. The van der Waals surface area contributed by atoms with Gasteiger partial charge < -0.3 is 0 Å². The fourth-order valence-corrected chi connectivity index (χ4v) is 7.00. The van der Waals surface area contributed by atoms with E-state index in [-0.39, 0.29) is 0 Å². The van der Waals surface area contributed by atoms with Gasteiger partial charge in [0.15, 0.2) is 0 Å². The van der Waals surface area contributed by atoms with Gasteiger partial charge in [0, 0.05) is 19.2 Å². The molecule has 0 atom stereocenters. The second kappa shape index (κ2) is 3.81. The highest BCUT2D eigenvalue weighted by Gasteiger charge is 2.21. The Bertz CT molecular complexity index is 677. The number of rotatable bonds is 1. The van der Waals surface area contributed by atoms with Crippen molar-refractivity contribution in [2.24, 2.45) is 0 Å². The van der Waals surface area contributed by atoms with Crippen LogP contribution in [0.4, 0.5) is 0 Å². The predicted molar refractivity (Wildman–Crippen MR) is 81.0 cm³/mol. The molecule has 3 aromatic heterocycles. The minimum Gasteiger partial charge on any atom is -0.138 e. The van der Waals surface area contributed by atoms with Crippen LogP contribution in [0.15, 0.2) is 12.1 Å². The van der Waals surface area contributed by atoms with Gasteiger partial charge in [-0.15, -0.1) is 34.0 Å². The average Bonchev–Trinajstić information content (AvgIpc) is 2.96. The lowest BCUT2D eigenvalue weighted by atomic mass is 10.1. The lowest BCUT2D eigenvalue weighted by Crippen LogP contribution is -1.85. The number of aryl methyl sites for hydroxylation is 1. The molecule has 1 aliphatic carbocycles. The van der Waals surface area contributed by atoms with Gasteiger partial charge in [-0.05, 0) is 37.8 Å². The molecule has 0 N–H and O–H groups in total. The molecule has 0 aromatic carbocycles. The van der Waals surface area contributed by atoms with Crippen molar-refractivity contribution in [2.75, 3.05) is 0 Å². The van der Waals surface area contributed by atoms with Gasteiger partial charge in [0.2, 0.25) is 0 Å². The van der Waals surface area contributed by atoms with Gasteiger partial charge in [-0.3, -0.25) is 0 Å². The first-order chi connectivity index (χ1) is 8.31. The van der Waals surface area contributed by atoms with Crippen molar-refractivity contribution in [3.63, 3.8) is 0 Å². The standard InChI is InChI=1S/C14H14S3/c1-8-6-11-13(15-8)14-12(16-11)7-10(17-14)9-4-2-3-5-9/h6-7,9H,2-5H2,1H3. The summed E-state index contributed by atoms with van der Waals surface area (Å²) in [5, 5.41) is 0. The van der Waals surface area contributed by atoms with E-state index in [0.29, 0.717) is 0 Å². The van der Waals surface area contributed by atoms with E-state index in [1.54, 1.807) is 9.58 Å². The molecular formula is C14H14S3. The van der Waals surface area contributed by atoms with Gasteiger partial charge in [-0.25, -0.2) is 0 Å². The predicted octanol–water partition coefficient (Wildman–Crippen LogP) is 6.14. The monoisotopic (exact) mass is 278 g/mol. The zero-order valence-corrected chi connectivity index (χ0v) is 12.2. The van der Waals surface area contributed by atoms with Crippen molar-refractivity contribution >= 4 is 52.8 Å². The summed E-state index contributed by atoms with van der Waals surface area (Å²) in [5.74, 6) is 0.871. The zero-order valence-electron chi connectivity index (χ0n) is 9.79. The summed E-state index contributed by atoms with van der Waals surface area (Å²) in [6.07, 6.45) is 5.70. The molecule has 0 radical (unpaired) electrons. The molecule has 88 valence electrons. The number of fused-ring (bicyclic) bond motifs is 3. The van der Waals surface area contributed by atoms with Crippen LogP contribution in [-0.2, 0) is 0 Å². The van der Waals surface area contributed by atoms with Crippen LogP contribution in [0.3, 0.4) is 0 Å². The van der Waals surface area contributed by atoms with E-state index in [4.69, 9.17) is 0 Å². The molecule has 0 nitrogen and oxygen atoms in total. The number of hydrogen-bond acceptors (Lipinski definition) is 3. The van der Waals surface area contributed by atoms with E-state index in [1.807, 2.05) is 22.7 Å². The third-order valence-electron chi connectivity index (χ3n) is 3.72. The van der Waals surface area contributed by atoms with Gasteiger partial charge in [0.25, 0.3) is 0 Å². The SMILES string of the molecule is Cc1cc2sc3cc(C4CCCC4)sc3c2s1.